The molecule has 0 aliphatic carbocycles. The van der Waals surface area contributed by atoms with Gasteiger partial charge in [-0.1, -0.05) is 6.07 Å². The molecule has 0 fully saturated rings. The van der Waals surface area contributed by atoms with Crippen molar-refractivity contribution in [1.82, 2.24) is 4.90 Å². The van der Waals surface area contributed by atoms with Crippen LogP contribution in [0.1, 0.15) is 5.56 Å². The first kappa shape index (κ1) is 12.5. The Bertz CT molecular complexity index is 808. The highest BCUT2D eigenvalue weighted by atomic mass is 32.2. The van der Waals surface area contributed by atoms with E-state index in [1.165, 1.54) is 0 Å². The van der Waals surface area contributed by atoms with Crippen LogP contribution >= 0.6 is 0 Å². The first-order valence-electron chi connectivity index (χ1n) is 6.51. The van der Waals surface area contributed by atoms with Gasteiger partial charge < -0.3 is 14.4 Å². The van der Waals surface area contributed by atoms with E-state index in [0.717, 1.165) is 11.1 Å². The molecule has 0 aromatic heterocycles. The molecular formula is C14H12N2O4S. The van der Waals surface area contributed by atoms with Crippen LogP contribution in [0.5, 0.6) is 11.5 Å². The van der Waals surface area contributed by atoms with E-state index in [1.54, 1.807) is 0 Å². The van der Waals surface area contributed by atoms with Crippen molar-refractivity contribution >= 4 is 21.4 Å². The van der Waals surface area contributed by atoms with Gasteiger partial charge in [0.2, 0.25) is 6.79 Å². The van der Waals surface area contributed by atoms with Crippen molar-refractivity contribution in [2.75, 3.05) is 19.1 Å². The molecule has 4 rings (SSSR count). The summed E-state index contributed by atoms with van der Waals surface area (Å²) in [5.41, 5.74) is 1.61. The van der Waals surface area contributed by atoms with Gasteiger partial charge in [0.05, 0.1) is 5.75 Å². The van der Waals surface area contributed by atoms with Crippen LogP contribution in [-0.2, 0) is 10.0 Å². The van der Waals surface area contributed by atoms with Crippen LogP contribution < -0.4 is 9.47 Å². The number of hydrogen-bond donors (Lipinski definition) is 0. The Kier molecular flexibility index (Phi) is 2.58. The highest BCUT2D eigenvalue weighted by molar-refractivity contribution is 7.90. The number of allylic oxidation sites excluding steroid dienone is 2. The minimum atomic E-state index is -3.39. The number of amidine groups is 1. The molecule has 0 radical (unpaired) electrons. The van der Waals surface area contributed by atoms with Crippen molar-refractivity contribution in [2.24, 2.45) is 4.40 Å². The third-order valence-electron chi connectivity index (χ3n) is 3.54. The Morgan fingerprint density at radius 3 is 2.95 bits per heavy atom. The zero-order valence-electron chi connectivity index (χ0n) is 11.0. The molecule has 0 saturated heterocycles. The Balaban J connectivity index is 1.82. The van der Waals surface area contributed by atoms with Crippen LogP contribution in [0.2, 0.25) is 0 Å². The maximum atomic E-state index is 11.8. The number of sulfonamides is 1. The molecule has 3 heterocycles. The van der Waals surface area contributed by atoms with Gasteiger partial charge in [-0.15, -0.1) is 4.40 Å². The highest BCUT2D eigenvalue weighted by Gasteiger charge is 2.28. The van der Waals surface area contributed by atoms with Gasteiger partial charge >= 0.3 is 0 Å². The molecule has 3 aliphatic heterocycles. The minimum absolute atomic E-state index is 0.0370. The zero-order valence-corrected chi connectivity index (χ0v) is 11.8. The van der Waals surface area contributed by atoms with Gasteiger partial charge in [0, 0.05) is 18.3 Å². The van der Waals surface area contributed by atoms with Gasteiger partial charge in [-0.25, -0.2) is 8.42 Å². The summed E-state index contributed by atoms with van der Waals surface area (Å²) in [4.78, 5) is 1.85. The van der Waals surface area contributed by atoms with Gasteiger partial charge in [-0.3, -0.25) is 0 Å². The molecule has 0 saturated carbocycles. The number of benzene rings is 1. The number of hydrogen-bond acceptors (Lipinski definition) is 5. The van der Waals surface area contributed by atoms with Crippen molar-refractivity contribution < 1.29 is 17.9 Å². The molecule has 6 nitrogen and oxygen atoms in total. The summed E-state index contributed by atoms with van der Waals surface area (Å²) in [7, 11) is -3.39. The fraction of sp³-hybridized carbons (Fsp3) is 0.214. The summed E-state index contributed by atoms with van der Waals surface area (Å²) in [5, 5.41) is 0. The first-order chi connectivity index (χ1) is 10.1. The summed E-state index contributed by atoms with van der Waals surface area (Å²) in [6.45, 7) is 0.624. The van der Waals surface area contributed by atoms with E-state index in [0.29, 0.717) is 23.9 Å². The molecular weight excluding hydrogens is 292 g/mol. The smallest absolute Gasteiger partial charge is 0.256 e. The van der Waals surface area contributed by atoms with Crippen molar-refractivity contribution in [1.29, 1.82) is 0 Å². The highest BCUT2D eigenvalue weighted by Crippen LogP contribution is 2.36. The fourth-order valence-corrected chi connectivity index (χ4v) is 3.49. The lowest BCUT2D eigenvalue weighted by Gasteiger charge is -2.29. The predicted molar refractivity (Wildman–Crippen MR) is 77.6 cm³/mol. The SMILES string of the molecule is O=S1(=O)CCN2C=CC=C(c3ccc4c(c3)OCO4)C2=N1. The Hall–Kier alpha value is -2.28. The van der Waals surface area contributed by atoms with E-state index in [1.807, 2.05) is 41.5 Å². The average Bonchev–Trinajstić information content (AvgIpc) is 2.93. The van der Waals surface area contributed by atoms with Crippen molar-refractivity contribution in [3.63, 3.8) is 0 Å². The number of nitrogens with zero attached hydrogens (tertiary/aromatic N) is 2. The van der Waals surface area contributed by atoms with Crippen LogP contribution in [0.25, 0.3) is 5.57 Å². The quantitative estimate of drug-likeness (QED) is 0.784. The van der Waals surface area contributed by atoms with E-state index in [4.69, 9.17) is 9.47 Å². The van der Waals surface area contributed by atoms with Crippen LogP contribution in [0.15, 0.2) is 40.9 Å². The van der Waals surface area contributed by atoms with E-state index in [9.17, 15) is 8.42 Å². The molecule has 7 heteroatoms. The zero-order chi connectivity index (χ0) is 14.4. The summed E-state index contributed by atoms with van der Waals surface area (Å²) < 4.78 is 38.1. The van der Waals surface area contributed by atoms with E-state index >= 15 is 0 Å². The Labute approximate surface area is 122 Å². The molecule has 0 spiro atoms. The van der Waals surface area contributed by atoms with Crippen molar-refractivity contribution in [3.05, 3.63) is 42.1 Å². The molecule has 0 unspecified atom stereocenters. The van der Waals surface area contributed by atoms with Crippen LogP contribution in [0, 0.1) is 0 Å². The monoisotopic (exact) mass is 304 g/mol. The van der Waals surface area contributed by atoms with Gasteiger partial charge in [0.25, 0.3) is 10.0 Å². The maximum absolute atomic E-state index is 11.8. The molecule has 1 aromatic rings. The molecule has 0 bridgehead atoms. The summed E-state index contributed by atoms with van der Waals surface area (Å²) >= 11 is 0. The van der Waals surface area contributed by atoms with Gasteiger partial charge in [-0.2, -0.15) is 0 Å². The molecule has 0 N–H and O–H groups in total. The van der Waals surface area contributed by atoms with E-state index < -0.39 is 10.0 Å². The Morgan fingerprint density at radius 2 is 2.05 bits per heavy atom. The normalized spacial score (nSPS) is 21.6. The number of ether oxygens (including phenoxy) is 2. The van der Waals surface area contributed by atoms with Crippen LogP contribution in [0.4, 0.5) is 0 Å². The average molecular weight is 304 g/mol. The summed E-state index contributed by atoms with van der Waals surface area (Å²) in [6, 6.07) is 5.54. The van der Waals surface area contributed by atoms with Gasteiger partial charge in [-0.05, 0) is 29.8 Å². The molecule has 3 aliphatic rings. The third kappa shape index (κ3) is 2.09. The van der Waals surface area contributed by atoms with Gasteiger partial charge in [0.15, 0.2) is 17.3 Å². The van der Waals surface area contributed by atoms with Crippen LogP contribution in [0.3, 0.4) is 0 Å². The number of fused-ring (bicyclic) bond motifs is 2. The minimum Gasteiger partial charge on any atom is -0.454 e. The molecule has 0 atom stereocenters. The topological polar surface area (TPSA) is 68.2 Å². The molecule has 0 amide bonds. The maximum Gasteiger partial charge on any atom is 0.256 e. The van der Waals surface area contributed by atoms with E-state index in [2.05, 4.69) is 4.40 Å². The summed E-state index contributed by atoms with van der Waals surface area (Å²) in [6.07, 6.45) is 5.58. The lowest BCUT2D eigenvalue weighted by atomic mass is 10.0. The second-order valence-electron chi connectivity index (χ2n) is 4.88. The largest absolute Gasteiger partial charge is 0.454 e. The lowest BCUT2D eigenvalue weighted by molar-refractivity contribution is 0.174. The number of rotatable bonds is 1. The van der Waals surface area contributed by atoms with E-state index in [-0.39, 0.29) is 12.5 Å². The van der Waals surface area contributed by atoms with Crippen molar-refractivity contribution in [3.8, 4) is 11.5 Å². The molecule has 21 heavy (non-hydrogen) atoms. The standard InChI is InChI=1S/C14H12N2O4S/c17-21(18)7-6-16-5-1-2-11(14(16)15-21)10-3-4-12-13(8-10)20-9-19-12/h1-5,8H,6-7,9H2. The third-order valence-corrected chi connectivity index (χ3v) is 4.69. The van der Waals surface area contributed by atoms with Crippen LogP contribution in [-0.4, -0.2) is 38.2 Å². The summed E-state index contributed by atoms with van der Waals surface area (Å²) in [5.74, 6) is 1.85. The molecule has 1 aromatic carbocycles. The fourth-order valence-electron chi connectivity index (χ4n) is 2.51. The lowest BCUT2D eigenvalue weighted by Crippen LogP contribution is -2.37. The first-order valence-corrected chi connectivity index (χ1v) is 8.11. The Morgan fingerprint density at radius 1 is 1.19 bits per heavy atom. The second kappa shape index (κ2) is 4.36. The van der Waals surface area contributed by atoms with Gasteiger partial charge in [0.1, 0.15) is 0 Å². The molecule has 108 valence electrons. The predicted octanol–water partition coefficient (Wildman–Crippen LogP) is 1.37. The van der Waals surface area contributed by atoms with Crippen molar-refractivity contribution in [2.45, 2.75) is 0 Å². The second-order valence-corrected chi connectivity index (χ2v) is 6.64.